The van der Waals surface area contributed by atoms with Gasteiger partial charge in [0.25, 0.3) is 0 Å². The van der Waals surface area contributed by atoms with Gasteiger partial charge in [-0.2, -0.15) is 0 Å². The summed E-state index contributed by atoms with van der Waals surface area (Å²) in [5.74, 6) is 1.03. The highest BCUT2D eigenvalue weighted by molar-refractivity contribution is 7.91. The van der Waals surface area contributed by atoms with Crippen LogP contribution in [0.2, 0.25) is 0 Å². The lowest BCUT2D eigenvalue weighted by Crippen LogP contribution is -2.21. The quantitative estimate of drug-likeness (QED) is 0.760. The Morgan fingerprint density at radius 1 is 1.25 bits per heavy atom. The monoisotopic (exact) mass is 299 g/mol. The van der Waals surface area contributed by atoms with E-state index in [1.54, 1.807) is 0 Å². The van der Waals surface area contributed by atoms with Gasteiger partial charge in [-0.25, -0.2) is 8.42 Å². The van der Waals surface area contributed by atoms with Gasteiger partial charge in [0.05, 0.1) is 11.5 Å². The van der Waals surface area contributed by atoms with Gasteiger partial charge in [-0.15, -0.1) is 0 Å². The number of nitrogens with one attached hydrogen (secondary N) is 1. The van der Waals surface area contributed by atoms with Crippen molar-refractivity contribution in [3.8, 4) is 5.75 Å². The number of hydrogen-bond donors (Lipinski definition) is 1. The SMILES string of the molecule is CCCS(=O)(=O)CCOc1cccc(CNC(C)C)c1. The van der Waals surface area contributed by atoms with E-state index in [9.17, 15) is 8.42 Å². The molecule has 0 atom stereocenters. The fraction of sp³-hybridized carbons (Fsp3) is 0.600. The Hall–Kier alpha value is -1.07. The molecule has 1 aromatic carbocycles. The van der Waals surface area contributed by atoms with Crippen molar-refractivity contribution in [2.24, 2.45) is 0 Å². The second kappa shape index (κ2) is 8.27. The van der Waals surface area contributed by atoms with Gasteiger partial charge in [-0.1, -0.05) is 32.9 Å². The molecule has 0 unspecified atom stereocenters. The Morgan fingerprint density at radius 2 is 2.00 bits per heavy atom. The summed E-state index contributed by atoms with van der Waals surface area (Å²) in [5.41, 5.74) is 1.13. The average Bonchev–Trinajstić information content (AvgIpc) is 2.36. The highest BCUT2D eigenvalue weighted by Crippen LogP contribution is 2.13. The molecule has 0 radical (unpaired) electrons. The molecule has 0 heterocycles. The molecule has 4 nitrogen and oxygen atoms in total. The smallest absolute Gasteiger partial charge is 0.153 e. The Balaban J connectivity index is 2.46. The van der Waals surface area contributed by atoms with Gasteiger partial charge in [0, 0.05) is 12.6 Å². The molecule has 0 aliphatic heterocycles. The molecule has 0 aliphatic carbocycles. The van der Waals surface area contributed by atoms with Crippen molar-refractivity contribution < 1.29 is 13.2 Å². The summed E-state index contributed by atoms with van der Waals surface area (Å²) in [6.07, 6.45) is 0.651. The van der Waals surface area contributed by atoms with Crippen molar-refractivity contribution in [1.82, 2.24) is 5.32 Å². The normalized spacial score (nSPS) is 11.8. The van der Waals surface area contributed by atoms with Gasteiger partial charge in [0.1, 0.15) is 12.4 Å². The largest absolute Gasteiger partial charge is 0.493 e. The van der Waals surface area contributed by atoms with E-state index in [0.717, 1.165) is 17.9 Å². The van der Waals surface area contributed by atoms with Crippen molar-refractivity contribution in [1.29, 1.82) is 0 Å². The lowest BCUT2D eigenvalue weighted by Gasteiger charge is -2.10. The van der Waals surface area contributed by atoms with Crippen LogP contribution in [0, 0.1) is 0 Å². The Kier molecular flexibility index (Phi) is 7.02. The third-order valence-electron chi connectivity index (χ3n) is 2.79. The number of rotatable bonds is 9. The third kappa shape index (κ3) is 6.91. The van der Waals surface area contributed by atoms with Crippen LogP contribution in [-0.2, 0) is 16.4 Å². The van der Waals surface area contributed by atoms with E-state index in [1.165, 1.54) is 0 Å². The van der Waals surface area contributed by atoms with Gasteiger partial charge in [-0.05, 0) is 24.1 Å². The van der Waals surface area contributed by atoms with Gasteiger partial charge < -0.3 is 10.1 Å². The third-order valence-corrected chi connectivity index (χ3v) is 4.61. The van der Waals surface area contributed by atoms with E-state index >= 15 is 0 Å². The molecule has 0 amide bonds. The summed E-state index contributed by atoms with van der Waals surface area (Å²) in [4.78, 5) is 0. The number of ether oxygens (including phenoxy) is 1. The maximum atomic E-state index is 11.6. The van der Waals surface area contributed by atoms with E-state index < -0.39 is 9.84 Å². The van der Waals surface area contributed by atoms with Crippen LogP contribution >= 0.6 is 0 Å². The summed E-state index contributed by atoms with van der Waals surface area (Å²) in [6, 6.07) is 8.18. The fourth-order valence-corrected chi connectivity index (χ4v) is 2.93. The zero-order chi connectivity index (χ0) is 15.0. The molecule has 114 valence electrons. The van der Waals surface area contributed by atoms with Crippen molar-refractivity contribution in [3.05, 3.63) is 29.8 Å². The van der Waals surface area contributed by atoms with Crippen molar-refractivity contribution >= 4 is 9.84 Å². The Bertz CT molecular complexity index is 498. The molecule has 0 saturated heterocycles. The first-order valence-corrected chi connectivity index (χ1v) is 8.90. The predicted molar refractivity (Wildman–Crippen MR) is 82.9 cm³/mol. The highest BCUT2D eigenvalue weighted by atomic mass is 32.2. The van der Waals surface area contributed by atoms with Gasteiger partial charge in [-0.3, -0.25) is 0 Å². The van der Waals surface area contributed by atoms with Crippen LogP contribution in [0.5, 0.6) is 5.75 Å². The zero-order valence-corrected chi connectivity index (χ0v) is 13.4. The highest BCUT2D eigenvalue weighted by Gasteiger charge is 2.09. The second-order valence-corrected chi connectivity index (χ2v) is 7.49. The Morgan fingerprint density at radius 3 is 2.65 bits per heavy atom. The second-order valence-electron chi connectivity index (χ2n) is 5.18. The molecular weight excluding hydrogens is 274 g/mol. The molecule has 20 heavy (non-hydrogen) atoms. The lowest BCUT2D eigenvalue weighted by molar-refractivity contribution is 0.340. The first-order chi connectivity index (χ1) is 9.43. The van der Waals surface area contributed by atoms with Crippen LogP contribution in [0.4, 0.5) is 0 Å². The molecule has 0 aromatic heterocycles. The summed E-state index contributed by atoms with van der Waals surface area (Å²) in [6.45, 7) is 7.05. The Labute approximate surface area is 122 Å². The van der Waals surface area contributed by atoms with Gasteiger partial charge in [0.15, 0.2) is 9.84 Å². The molecule has 1 rings (SSSR count). The van der Waals surface area contributed by atoms with Crippen molar-refractivity contribution in [2.45, 2.75) is 39.8 Å². The van der Waals surface area contributed by atoms with Crippen LogP contribution in [-0.4, -0.2) is 32.6 Å². The predicted octanol–water partition coefficient (Wildman–Crippen LogP) is 2.39. The lowest BCUT2D eigenvalue weighted by atomic mass is 10.2. The molecule has 0 saturated carbocycles. The standard InChI is InChI=1S/C15H25NO3S/c1-4-9-20(17,18)10-8-19-15-7-5-6-14(11-15)12-16-13(2)3/h5-7,11,13,16H,4,8-10,12H2,1-3H3. The van der Waals surface area contributed by atoms with E-state index in [0.29, 0.717) is 12.5 Å². The van der Waals surface area contributed by atoms with Crippen LogP contribution in [0.1, 0.15) is 32.8 Å². The van der Waals surface area contributed by atoms with E-state index in [-0.39, 0.29) is 18.1 Å². The summed E-state index contributed by atoms with van der Waals surface area (Å²) >= 11 is 0. The van der Waals surface area contributed by atoms with Crippen molar-refractivity contribution in [3.63, 3.8) is 0 Å². The number of hydrogen-bond acceptors (Lipinski definition) is 4. The minimum absolute atomic E-state index is 0.0787. The number of sulfone groups is 1. The molecule has 1 aromatic rings. The van der Waals surface area contributed by atoms with Crippen LogP contribution in [0.25, 0.3) is 0 Å². The van der Waals surface area contributed by atoms with E-state index in [4.69, 9.17) is 4.74 Å². The van der Waals surface area contributed by atoms with E-state index in [1.807, 2.05) is 31.2 Å². The molecule has 0 aliphatic rings. The zero-order valence-electron chi connectivity index (χ0n) is 12.6. The molecule has 0 bridgehead atoms. The minimum Gasteiger partial charge on any atom is -0.493 e. The molecular formula is C15H25NO3S. The minimum atomic E-state index is -2.97. The topological polar surface area (TPSA) is 55.4 Å². The first kappa shape index (κ1) is 17.0. The first-order valence-electron chi connectivity index (χ1n) is 7.08. The summed E-state index contributed by atoms with van der Waals surface area (Å²) < 4.78 is 28.7. The fourth-order valence-electron chi connectivity index (χ4n) is 1.77. The molecule has 5 heteroatoms. The maximum absolute atomic E-state index is 11.6. The average molecular weight is 299 g/mol. The van der Waals surface area contributed by atoms with Crippen LogP contribution in [0.15, 0.2) is 24.3 Å². The van der Waals surface area contributed by atoms with Crippen LogP contribution in [0.3, 0.4) is 0 Å². The van der Waals surface area contributed by atoms with Gasteiger partial charge in [0.2, 0.25) is 0 Å². The number of benzene rings is 1. The molecule has 1 N–H and O–H groups in total. The molecule has 0 fully saturated rings. The van der Waals surface area contributed by atoms with Crippen molar-refractivity contribution in [2.75, 3.05) is 18.1 Å². The van der Waals surface area contributed by atoms with Gasteiger partial charge >= 0.3 is 0 Å². The summed E-state index contributed by atoms with van der Waals surface area (Å²) in [7, 11) is -2.97. The summed E-state index contributed by atoms with van der Waals surface area (Å²) in [5, 5.41) is 3.33. The maximum Gasteiger partial charge on any atom is 0.153 e. The molecule has 0 spiro atoms. The van der Waals surface area contributed by atoms with Crippen LogP contribution < -0.4 is 10.1 Å². The van der Waals surface area contributed by atoms with E-state index in [2.05, 4.69) is 19.2 Å².